The molecule has 0 saturated carbocycles. The van der Waals surface area contributed by atoms with Crippen LogP contribution >= 0.6 is 12.4 Å². The second kappa shape index (κ2) is 5.27. The lowest BCUT2D eigenvalue weighted by molar-refractivity contribution is 0.513. The molecule has 6 heteroatoms. The van der Waals surface area contributed by atoms with E-state index in [9.17, 15) is 0 Å². The quantitative estimate of drug-likeness (QED) is 0.612. The molecule has 1 fully saturated rings. The van der Waals surface area contributed by atoms with Crippen molar-refractivity contribution in [2.24, 2.45) is 10.7 Å². The van der Waals surface area contributed by atoms with E-state index in [0.717, 1.165) is 24.1 Å². The first-order valence-corrected chi connectivity index (χ1v) is 5.87. The minimum absolute atomic E-state index is 0. The van der Waals surface area contributed by atoms with Gasteiger partial charge in [0.15, 0.2) is 5.96 Å². The summed E-state index contributed by atoms with van der Waals surface area (Å²) < 4.78 is 0. The number of hydrogen-bond acceptors (Lipinski definition) is 2. The fraction of sp³-hybridized carbons (Fsp3) is 0.333. The average Bonchev–Trinajstić information content (AvgIpc) is 2.97. The van der Waals surface area contributed by atoms with Crippen LogP contribution in [0.15, 0.2) is 29.3 Å². The van der Waals surface area contributed by atoms with E-state index >= 15 is 0 Å². The Bertz CT molecular complexity index is 523. The third kappa shape index (κ3) is 2.41. The van der Waals surface area contributed by atoms with Gasteiger partial charge in [0.05, 0.1) is 11.0 Å². The van der Waals surface area contributed by atoms with E-state index in [1.165, 1.54) is 12.8 Å². The number of likely N-dealkylation sites (tertiary alicyclic amines) is 1. The number of guanidine groups is 1. The van der Waals surface area contributed by atoms with Crippen LogP contribution in [-0.2, 0) is 0 Å². The van der Waals surface area contributed by atoms with Gasteiger partial charge in [0, 0.05) is 13.1 Å². The molecule has 0 unspecified atom stereocenters. The number of H-pyrrole nitrogens is 1. The maximum atomic E-state index is 5.95. The summed E-state index contributed by atoms with van der Waals surface area (Å²) in [5.41, 5.74) is 7.85. The van der Waals surface area contributed by atoms with E-state index in [1.807, 2.05) is 24.3 Å². The average molecular weight is 266 g/mol. The molecule has 0 atom stereocenters. The molecule has 1 aliphatic heterocycles. The van der Waals surface area contributed by atoms with Crippen molar-refractivity contribution >= 4 is 35.3 Å². The lowest BCUT2D eigenvalue weighted by Crippen LogP contribution is -2.34. The summed E-state index contributed by atoms with van der Waals surface area (Å²) in [5, 5.41) is 0. The molecular weight excluding hydrogens is 250 g/mol. The number of halogens is 1. The summed E-state index contributed by atoms with van der Waals surface area (Å²) in [7, 11) is 0. The van der Waals surface area contributed by atoms with Gasteiger partial charge in [0.25, 0.3) is 0 Å². The Balaban J connectivity index is 0.00000120. The number of benzene rings is 1. The predicted molar refractivity (Wildman–Crippen MR) is 75.4 cm³/mol. The van der Waals surface area contributed by atoms with Crippen molar-refractivity contribution in [2.75, 3.05) is 13.1 Å². The normalized spacial score (nSPS) is 16.0. The monoisotopic (exact) mass is 265 g/mol. The highest BCUT2D eigenvalue weighted by atomic mass is 35.5. The summed E-state index contributed by atoms with van der Waals surface area (Å²) in [6, 6.07) is 7.86. The number of rotatable bonds is 1. The zero-order chi connectivity index (χ0) is 11.7. The SMILES string of the molecule is Cl.NC(=Nc1nc2ccccc2[nH]1)N1CCCC1. The molecule has 1 aromatic carbocycles. The van der Waals surface area contributed by atoms with Crippen LogP contribution in [0.25, 0.3) is 11.0 Å². The maximum absolute atomic E-state index is 5.95. The van der Waals surface area contributed by atoms with Gasteiger partial charge in [-0.25, -0.2) is 4.98 Å². The van der Waals surface area contributed by atoms with Gasteiger partial charge in [-0.05, 0) is 25.0 Å². The minimum Gasteiger partial charge on any atom is -0.369 e. The topological polar surface area (TPSA) is 70.3 Å². The fourth-order valence-electron chi connectivity index (χ4n) is 2.12. The molecule has 0 spiro atoms. The first kappa shape index (κ1) is 12.7. The number of fused-ring (bicyclic) bond motifs is 1. The van der Waals surface area contributed by atoms with Crippen molar-refractivity contribution in [1.29, 1.82) is 0 Å². The molecule has 3 rings (SSSR count). The van der Waals surface area contributed by atoms with E-state index in [-0.39, 0.29) is 12.4 Å². The van der Waals surface area contributed by atoms with Crippen LogP contribution in [0.2, 0.25) is 0 Å². The molecule has 96 valence electrons. The Hall–Kier alpha value is -1.75. The largest absolute Gasteiger partial charge is 0.369 e. The second-order valence-electron chi connectivity index (χ2n) is 4.24. The van der Waals surface area contributed by atoms with E-state index in [2.05, 4.69) is 19.9 Å². The third-order valence-electron chi connectivity index (χ3n) is 3.03. The molecule has 5 nitrogen and oxygen atoms in total. The second-order valence-corrected chi connectivity index (χ2v) is 4.24. The summed E-state index contributed by atoms with van der Waals surface area (Å²) >= 11 is 0. The molecule has 2 heterocycles. The number of nitrogens with one attached hydrogen (secondary N) is 1. The van der Waals surface area contributed by atoms with Crippen LogP contribution in [0.1, 0.15) is 12.8 Å². The lowest BCUT2D eigenvalue weighted by Gasteiger charge is -2.14. The zero-order valence-corrected chi connectivity index (χ0v) is 10.8. The number of aromatic amines is 1. The van der Waals surface area contributed by atoms with Crippen molar-refractivity contribution in [2.45, 2.75) is 12.8 Å². The maximum Gasteiger partial charge on any atom is 0.231 e. The van der Waals surface area contributed by atoms with Crippen LogP contribution in [0, 0.1) is 0 Å². The first-order valence-electron chi connectivity index (χ1n) is 5.87. The van der Waals surface area contributed by atoms with Crippen LogP contribution < -0.4 is 5.73 Å². The van der Waals surface area contributed by atoms with E-state index in [0.29, 0.717) is 11.9 Å². The smallest absolute Gasteiger partial charge is 0.231 e. The first-order chi connectivity index (χ1) is 8.33. The Morgan fingerprint density at radius 3 is 2.72 bits per heavy atom. The van der Waals surface area contributed by atoms with Crippen LogP contribution in [0.3, 0.4) is 0 Å². The van der Waals surface area contributed by atoms with Gasteiger partial charge in [0.2, 0.25) is 5.95 Å². The molecule has 2 aromatic rings. The van der Waals surface area contributed by atoms with E-state index < -0.39 is 0 Å². The summed E-state index contributed by atoms with van der Waals surface area (Å²) in [6.45, 7) is 1.99. The molecule has 1 aromatic heterocycles. The molecular formula is C12H16ClN5. The summed E-state index contributed by atoms with van der Waals surface area (Å²) in [4.78, 5) is 13.9. The fourth-order valence-corrected chi connectivity index (χ4v) is 2.12. The summed E-state index contributed by atoms with van der Waals surface area (Å²) in [5.74, 6) is 1.14. The Morgan fingerprint density at radius 2 is 2.00 bits per heavy atom. The molecule has 0 aliphatic carbocycles. The molecule has 1 aliphatic rings. The highest BCUT2D eigenvalue weighted by Gasteiger charge is 2.13. The number of imidazole rings is 1. The van der Waals surface area contributed by atoms with Crippen molar-refractivity contribution in [3.05, 3.63) is 24.3 Å². The lowest BCUT2D eigenvalue weighted by atomic mass is 10.3. The molecule has 1 saturated heterocycles. The number of para-hydroxylation sites is 2. The molecule has 18 heavy (non-hydrogen) atoms. The van der Waals surface area contributed by atoms with Gasteiger partial charge in [-0.2, -0.15) is 4.99 Å². The Morgan fingerprint density at radius 1 is 1.28 bits per heavy atom. The van der Waals surface area contributed by atoms with Gasteiger partial charge in [0.1, 0.15) is 0 Å². The molecule has 0 bridgehead atoms. The highest BCUT2D eigenvalue weighted by Crippen LogP contribution is 2.16. The number of nitrogens with two attached hydrogens (primary N) is 1. The van der Waals surface area contributed by atoms with Crippen molar-refractivity contribution in [3.63, 3.8) is 0 Å². The van der Waals surface area contributed by atoms with Gasteiger partial charge in [-0.1, -0.05) is 12.1 Å². The third-order valence-corrected chi connectivity index (χ3v) is 3.03. The van der Waals surface area contributed by atoms with Crippen LogP contribution in [0.4, 0.5) is 5.95 Å². The van der Waals surface area contributed by atoms with E-state index in [1.54, 1.807) is 0 Å². The predicted octanol–water partition coefficient (Wildman–Crippen LogP) is 2.03. The van der Waals surface area contributed by atoms with Crippen molar-refractivity contribution in [3.8, 4) is 0 Å². The number of aliphatic imine (C=N–C) groups is 1. The van der Waals surface area contributed by atoms with Crippen molar-refractivity contribution in [1.82, 2.24) is 14.9 Å². The van der Waals surface area contributed by atoms with Gasteiger partial charge in [-0.3, -0.25) is 0 Å². The van der Waals surface area contributed by atoms with E-state index in [4.69, 9.17) is 5.73 Å². The number of aromatic nitrogens is 2. The molecule has 3 N–H and O–H groups in total. The van der Waals surface area contributed by atoms with Crippen LogP contribution in [-0.4, -0.2) is 33.9 Å². The highest BCUT2D eigenvalue weighted by molar-refractivity contribution is 5.85. The Labute approximate surface area is 112 Å². The zero-order valence-electron chi connectivity index (χ0n) is 9.97. The Kier molecular flexibility index (Phi) is 3.72. The molecule has 0 radical (unpaired) electrons. The van der Waals surface area contributed by atoms with Gasteiger partial charge >= 0.3 is 0 Å². The molecule has 0 amide bonds. The van der Waals surface area contributed by atoms with Gasteiger partial charge in [-0.15, -0.1) is 12.4 Å². The minimum atomic E-state index is 0. The van der Waals surface area contributed by atoms with Gasteiger partial charge < -0.3 is 15.6 Å². The van der Waals surface area contributed by atoms with Crippen LogP contribution in [0.5, 0.6) is 0 Å². The standard InChI is InChI=1S/C12H15N5.ClH/c13-11(17-7-3-4-8-17)16-12-14-9-5-1-2-6-10(9)15-12;/h1-2,5-6H,3-4,7-8H2,(H3,13,14,15,16);1H. The summed E-state index contributed by atoms with van der Waals surface area (Å²) in [6.07, 6.45) is 2.38. The number of nitrogens with zero attached hydrogens (tertiary/aromatic N) is 3. The van der Waals surface area contributed by atoms with Crippen molar-refractivity contribution < 1.29 is 0 Å². The number of hydrogen-bond donors (Lipinski definition) is 2.